The van der Waals surface area contributed by atoms with Crippen molar-refractivity contribution in [3.63, 3.8) is 0 Å². The number of hydrogen-bond acceptors (Lipinski definition) is 5. The zero-order valence-electron chi connectivity index (χ0n) is 13.3. The summed E-state index contributed by atoms with van der Waals surface area (Å²) in [6, 6.07) is 5.64. The van der Waals surface area contributed by atoms with E-state index in [4.69, 9.17) is 23.2 Å². The van der Waals surface area contributed by atoms with Gasteiger partial charge in [0.2, 0.25) is 10.0 Å². The second kappa shape index (κ2) is 7.59. The second-order valence-corrected chi connectivity index (χ2v) is 8.24. The summed E-state index contributed by atoms with van der Waals surface area (Å²) in [4.78, 5) is 9.20. The minimum absolute atomic E-state index is 0.0195. The van der Waals surface area contributed by atoms with E-state index in [-0.39, 0.29) is 33.7 Å². The Bertz CT molecular complexity index is 906. The lowest BCUT2D eigenvalue weighted by atomic mass is 10.3. The molecule has 1 aliphatic heterocycles. The molecule has 26 heavy (non-hydrogen) atoms. The van der Waals surface area contributed by atoms with E-state index >= 15 is 0 Å². The van der Waals surface area contributed by atoms with Crippen molar-refractivity contribution in [3.05, 3.63) is 46.3 Å². The number of aromatic nitrogens is 2. The molecule has 0 unspecified atom stereocenters. The molecule has 0 aliphatic carbocycles. The fraction of sp³-hybridized carbons (Fsp3) is 0.333. The monoisotopic (exact) mass is 422 g/mol. The lowest BCUT2D eigenvalue weighted by Gasteiger charge is -2.34. The Morgan fingerprint density at radius 3 is 2.42 bits per heavy atom. The number of sulfonamides is 1. The molecule has 1 fully saturated rings. The SMILES string of the molecule is O=S(=O)(c1cccc(Cl)c1Cl)N1CCN(c2cc(C(F)F)ncn2)CC1. The van der Waals surface area contributed by atoms with Crippen LogP contribution in [0.3, 0.4) is 0 Å². The van der Waals surface area contributed by atoms with E-state index in [0.717, 1.165) is 6.33 Å². The van der Waals surface area contributed by atoms with Crippen molar-refractivity contribution < 1.29 is 17.2 Å². The predicted octanol–water partition coefficient (Wildman–Crippen LogP) is 3.23. The van der Waals surface area contributed by atoms with E-state index in [1.165, 1.54) is 28.6 Å². The zero-order valence-corrected chi connectivity index (χ0v) is 15.6. The average molecular weight is 423 g/mol. The maximum atomic E-state index is 12.8. The van der Waals surface area contributed by atoms with Crippen molar-refractivity contribution in [2.75, 3.05) is 31.1 Å². The number of nitrogens with zero attached hydrogens (tertiary/aromatic N) is 4. The molecule has 3 rings (SSSR count). The number of rotatable bonds is 4. The normalized spacial score (nSPS) is 16.3. The highest BCUT2D eigenvalue weighted by molar-refractivity contribution is 7.89. The molecule has 0 bridgehead atoms. The first-order valence-corrected chi connectivity index (χ1v) is 9.79. The van der Waals surface area contributed by atoms with Gasteiger partial charge < -0.3 is 4.90 Å². The van der Waals surface area contributed by atoms with Gasteiger partial charge in [0, 0.05) is 32.2 Å². The van der Waals surface area contributed by atoms with E-state index in [1.807, 2.05) is 0 Å². The summed E-state index contributed by atoms with van der Waals surface area (Å²) < 4.78 is 52.4. The molecule has 0 spiro atoms. The van der Waals surface area contributed by atoms with Crippen molar-refractivity contribution in [3.8, 4) is 0 Å². The van der Waals surface area contributed by atoms with Gasteiger partial charge in [0.1, 0.15) is 22.7 Å². The van der Waals surface area contributed by atoms with Crippen molar-refractivity contribution in [1.29, 1.82) is 0 Å². The Kier molecular flexibility index (Phi) is 5.61. The van der Waals surface area contributed by atoms with Gasteiger partial charge >= 0.3 is 0 Å². The van der Waals surface area contributed by atoms with Gasteiger partial charge in [0.25, 0.3) is 6.43 Å². The van der Waals surface area contributed by atoms with Crippen molar-refractivity contribution in [1.82, 2.24) is 14.3 Å². The molecule has 2 heterocycles. The molecular weight excluding hydrogens is 409 g/mol. The maximum Gasteiger partial charge on any atom is 0.280 e. The van der Waals surface area contributed by atoms with Crippen LogP contribution in [0.1, 0.15) is 12.1 Å². The molecule has 1 saturated heterocycles. The summed E-state index contributed by atoms with van der Waals surface area (Å²) >= 11 is 11.9. The molecule has 2 aromatic rings. The van der Waals surface area contributed by atoms with Gasteiger partial charge in [-0.05, 0) is 12.1 Å². The van der Waals surface area contributed by atoms with Gasteiger partial charge in [-0.15, -0.1) is 0 Å². The van der Waals surface area contributed by atoms with Crippen LogP contribution in [0.2, 0.25) is 10.0 Å². The summed E-state index contributed by atoms with van der Waals surface area (Å²) in [5.74, 6) is 0.341. The molecule has 0 amide bonds. The van der Waals surface area contributed by atoms with Crippen LogP contribution in [-0.4, -0.2) is 48.9 Å². The van der Waals surface area contributed by atoms with Crippen LogP contribution in [0.4, 0.5) is 14.6 Å². The predicted molar refractivity (Wildman–Crippen MR) is 94.4 cm³/mol. The fourth-order valence-electron chi connectivity index (χ4n) is 2.63. The summed E-state index contributed by atoms with van der Waals surface area (Å²) in [5.41, 5.74) is -0.365. The Labute approximate surface area is 159 Å². The van der Waals surface area contributed by atoms with Crippen LogP contribution < -0.4 is 4.90 Å². The number of alkyl halides is 2. The number of anilines is 1. The molecule has 6 nitrogen and oxygen atoms in total. The molecule has 0 atom stereocenters. The molecule has 1 aromatic carbocycles. The minimum atomic E-state index is -3.80. The van der Waals surface area contributed by atoms with Gasteiger partial charge in [-0.25, -0.2) is 27.2 Å². The van der Waals surface area contributed by atoms with Gasteiger partial charge in [0.15, 0.2) is 0 Å². The largest absolute Gasteiger partial charge is 0.354 e. The van der Waals surface area contributed by atoms with E-state index in [1.54, 1.807) is 4.90 Å². The van der Waals surface area contributed by atoms with Crippen molar-refractivity contribution in [2.24, 2.45) is 0 Å². The number of hydrogen-bond donors (Lipinski definition) is 0. The Hall–Kier alpha value is -1.55. The summed E-state index contributed by atoms with van der Waals surface area (Å²) in [7, 11) is -3.80. The van der Waals surface area contributed by atoms with Crippen LogP contribution in [0.15, 0.2) is 35.5 Å². The van der Waals surface area contributed by atoms with Crippen LogP contribution in [0.25, 0.3) is 0 Å². The van der Waals surface area contributed by atoms with E-state index < -0.39 is 16.4 Å². The molecule has 1 aliphatic rings. The fourth-order valence-corrected chi connectivity index (χ4v) is 4.79. The second-order valence-electron chi connectivity index (χ2n) is 5.54. The molecule has 0 radical (unpaired) electrons. The van der Waals surface area contributed by atoms with Crippen LogP contribution in [0, 0.1) is 0 Å². The first-order valence-electron chi connectivity index (χ1n) is 7.60. The lowest BCUT2D eigenvalue weighted by molar-refractivity contribution is 0.146. The highest BCUT2D eigenvalue weighted by Crippen LogP contribution is 2.31. The third-order valence-electron chi connectivity index (χ3n) is 3.99. The minimum Gasteiger partial charge on any atom is -0.354 e. The average Bonchev–Trinajstić information content (AvgIpc) is 2.64. The number of piperazine rings is 1. The smallest absolute Gasteiger partial charge is 0.280 e. The van der Waals surface area contributed by atoms with Crippen LogP contribution >= 0.6 is 23.2 Å². The highest BCUT2D eigenvalue weighted by Gasteiger charge is 2.31. The van der Waals surface area contributed by atoms with Gasteiger partial charge in [-0.3, -0.25) is 0 Å². The number of benzene rings is 1. The first-order chi connectivity index (χ1) is 12.3. The zero-order chi connectivity index (χ0) is 18.9. The van der Waals surface area contributed by atoms with Gasteiger partial charge in [-0.1, -0.05) is 29.3 Å². The Morgan fingerprint density at radius 2 is 1.77 bits per heavy atom. The Morgan fingerprint density at radius 1 is 1.08 bits per heavy atom. The third kappa shape index (κ3) is 3.75. The van der Waals surface area contributed by atoms with Crippen molar-refractivity contribution >= 4 is 39.0 Å². The van der Waals surface area contributed by atoms with Crippen LogP contribution in [-0.2, 0) is 10.0 Å². The summed E-state index contributed by atoms with van der Waals surface area (Å²) in [5, 5.41) is 0.140. The molecule has 0 saturated carbocycles. The van der Waals surface area contributed by atoms with Gasteiger partial charge in [0.05, 0.1) is 10.0 Å². The molecule has 0 N–H and O–H groups in total. The first kappa shape index (κ1) is 19.2. The van der Waals surface area contributed by atoms with E-state index in [0.29, 0.717) is 18.9 Å². The quantitative estimate of drug-likeness (QED) is 0.756. The van der Waals surface area contributed by atoms with Crippen LogP contribution in [0.5, 0.6) is 0 Å². The molecule has 140 valence electrons. The van der Waals surface area contributed by atoms with E-state index in [9.17, 15) is 17.2 Å². The topological polar surface area (TPSA) is 66.4 Å². The van der Waals surface area contributed by atoms with E-state index in [2.05, 4.69) is 9.97 Å². The highest BCUT2D eigenvalue weighted by atomic mass is 35.5. The third-order valence-corrected chi connectivity index (χ3v) is 6.87. The van der Waals surface area contributed by atoms with Gasteiger partial charge in [-0.2, -0.15) is 4.31 Å². The molecule has 11 heteroatoms. The maximum absolute atomic E-state index is 12.8. The summed E-state index contributed by atoms with van der Waals surface area (Å²) in [6.45, 7) is 0.937. The Balaban J connectivity index is 1.76. The summed E-state index contributed by atoms with van der Waals surface area (Å²) in [6.07, 6.45) is -1.62. The molecular formula is C15H14Cl2F2N4O2S. The molecule has 1 aromatic heterocycles. The standard InChI is InChI=1S/C15H14Cl2F2N4O2S/c16-10-2-1-3-12(14(10)17)26(24,25)23-6-4-22(5-7-23)13-8-11(15(18)19)20-9-21-13/h1-3,8-9,15H,4-7H2. The number of halogens is 4. The van der Waals surface area contributed by atoms with Crippen molar-refractivity contribution in [2.45, 2.75) is 11.3 Å². The lowest BCUT2D eigenvalue weighted by Crippen LogP contribution is -2.49.